The molecule has 47 heavy (non-hydrogen) atoms. The highest BCUT2D eigenvalue weighted by molar-refractivity contribution is 7.27. The van der Waals surface area contributed by atoms with Crippen LogP contribution >= 0.6 is 22.7 Å². The summed E-state index contributed by atoms with van der Waals surface area (Å²) < 4.78 is 6.16. The molecule has 0 aliphatic heterocycles. The number of nitrogens with zero attached hydrogens (tertiary/aromatic N) is 3. The average molecular weight is 634 g/mol. The van der Waals surface area contributed by atoms with Crippen molar-refractivity contribution >= 4 is 106 Å². The van der Waals surface area contributed by atoms with Crippen LogP contribution < -0.4 is 0 Å². The minimum atomic E-state index is 0.698. The van der Waals surface area contributed by atoms with Gasteiger partial charge < -0.3 is 0 Å². The van der Waals surface area contributed by atoms with Gasteiger partial charge in [0.2, 0.25) is 5.95 Å². The first kappa shape index (κ1) is 25.6. The fourth-order valence-electron chi connectivity index (χ4n) is 7.67. The van der Waals surface area contributed by atoms with Crippen molar-refractivity contribution in [1.82, 2.24) is 14.5 Å². The van der Waals surface area contributed by atoms with Gasteiger partial charge in [0, 0.05) is 57.4 Å². The highest BCUT2D eigenvalue weighted by Gasteiger charge is 2.24. The first-order valence-corrected chi connectivity index (χ1v) is 17.4. The van der Waals surface area contributed by atoms with Crippen molar-refractivity contribution in [2.45, 2.75) is 0 Å². The third-order valence-electron chi connectivity index (χ3n) is 9.62. The van der Waals surface area contributed by atoms with Crippen LogP contribution in [0.15, 0.2) is 140 Å². The van der Waals surface area contributed by atoms with Crippen LogP contribution in [-0.2, 0) is 0 Å². The fourth-order valence-corrected chi connectivity index (χ4v) is 10.0. The molecular weight excluding hydrogens is 611 g/mol. The smallest absolute Gasteiger partial charge is 0.236 e. The van der Waals surface area contributed by atoms with E-state index in [4.69, 9.17) is 9.97 Å². The molecule has 0 aliphatic rings. The van der Waals surface area contributed by atoms with E-state index in [0.29, 0.717) is 5.95 Å². The number of fused-ring (bicyclic) bond motifs is 14. The Bertz CT molecular complexity index is 3080. The van der Waals surface area contributed by atoms with Crippen molar-refractivity contribution in [2.24, 2.45) is 0 Å². The van der Waals surface area contributed by atoms with Gasteiger partial charge in [-0.15, -0.1) is 22.7 Å². The molecule has 11 aromatic rings. The molecule has 0 atom stereocenters. The Balaban J connectivity index is 1.36. The Morgan fingerprint density at radius 2 is 1.06 bits per heavy atom. The number of rotatable bonds is 2. The molecule has 3 nitrogen and oxygen atoms in total. The number of thiophene rings is 2. The summed E-state index contributed by atoms with van der Waals surface area (Å²) in [4.78, 5) is 12.0. The van der Waals surface area contributed by atoms with Crippen molar-refractivity contribution < 1.29 is 0 Å². The molecule has 0 fully saturated rings. The molecule has 0 saturated carbocycles. The number of para-hydroxylation sites is 1. The van der Waals surface area contributed by atoms with Crippen LogP contribution in [0.3, 0.4) is 0 Å². The van der Waals surface area contributed by atoms with E-state index < -0.39 is 0 Å². The maximum atomic E-state index is 5.58. The van der Waals surface area contributed by atoms with Gasteiger partial charge in [0.05, 0.1) is 16.7 Å². The summed E-state index contributed by atoms with van der Waals surface area (Å²) in [5, 5.41) is 12.3. The van der Waals surface area contributed by atoms with Crippen LogP contribution in [0, 0.1) is 0 Å². The Hall–Kier alpha value is -5.62. The number of hydrogen-bond acceptors (Lipinski definition) is 4. The Kier molecular flexibility index (Phi) is 5.14. The maximum Gasteiger partial charge on any atom is 0.236 e. The molecule has 7 aromatic carbocycles. The highest BCUT2D eigenvalue weighted by Crippen LogP contribution is 2.48. The molecule has 0 unspecified atom stereocenters. The summed E-state index contributed by atoms with van der Waals surface area (Å²) in [6.45, 7) is 0. The zero-order chi connectivity index (χ0) is 30.6. The van der Waals surface area contributed by atoms with Gasteiger partial charge in [-0.2, -0.15) is 0 Å². The second-order valence-corrected chi connectivity index (χ2v) is 14.2. The van der Waals surface area contributed by atoms with E-state index in [2.05, 4.69) is 144 Å². The monoisotopic (exact) mass is 633 g/mol. The van der Waals surface area contributed by atoms with Crippen LogP contribution in [0.1, 0.15) is 0 Å². The van der Waals surface area contributed by atoms with Gasteiger partial charge in [-0.05, 0) is 34.4 Å². The van der Waals surface area contributed by atoms with E-state index in [0.717, 1.165) is 32.5 Å². The zero-order valence-electron chi connectivity index (χ0n) is 24.9. The van der Waals surface area contributed by atoms with E-state index in [1.54, 1.807) is 11.3 Å². The molecule has 4 aromatic heterocycles. The standard InChI is InChI=1S/C42H23N3S2/c1-2-14-25-24(12-1)13-11-20-27(25)38-36-31-19-7-10-23-34(31)47-41(36)44-42(43-38)45-32-21-8-5-17-29(32)37-39(45)28-16-4-3-15-26(28)35-30-18-6-9-22-33(30)46-40(35)37/h1-23H. The van der Waals surface area contributed by atoms with E-state index in [1.165, 1.54) is 62.6 Å². The lowest BCUT2D eigenvalue weighted by molar-refractivity contribution is 1.02. The molecule has 0 amide bonds. The summed E-state index contributed by atoms with van der Waals surface area (Å²) in [6.07, 6.45) is 0. The first-order chi connectivity index (χ1) is 23.3. The predicted molar refractivity (Wildman–Crippen MR) is 203 cm³/mol. The van der Waals surface area contributed by atoms with Crippen molar-refractivity contribution in [1.29, 1.82) is 0 Å². The number of benzene rings is 7. The van der Waals surface area contributed by atoms with Gasteiger partial charge >= 0.3 is 0 Å². The highest BCUT2D eigenvalue weighted by atomic mass is 32.1. The minimum absolute atomic E-state index is 0.698. The van der Waals surface area contributed by atoms with Crippen LogP contribution in [0.4, 0.5) is 0 Å². The van der Waals surface area contributed by atoms with Gasteiger partial charge in [-0.25, -0.2) is 9.97 Å². The molecule has 0 N–H and O–H groups in total. The largest absolute Gasteiger partial charge is 0.277 e. The fraction of sp³-hybridized carbons (Fsp3) is 0. The Morgan fingerprint density at radius 1 is 0.447 bits per heavy atom. The topological polar surface area (TPSA) is 30.7 Å². The Morgan fingerprint density at radius 3 is 1.89 bits per heavy atom. The molecule has 5 heteroatoms. The van der Waals surface area contributed by atoms with Gasteiger partial charge in [0.15, 0.2) is 0 Å². The summed E-state index contributed by atoms with van der Waals surface area (Å²) in [7, 11) is 0. The van der Waals surface area contributed by atoms with Gasteiger partial charge in [-0.3, -0.25) is 4.57 Å². The molecule has 0 aliphatic carbocycles. The molecule has 0 spiro atoms. The summed E-state index contributed by atoms with van der Waals surface area (Å²) in [5.41, 5.74) is 4.36. The van der Waals surface area contributed by atoms with Crippen molar-refractivity contribution in [2.75, 3.05) is 0 Å². The second-order valence-electron chi connectivity index (χ2n) is 12.1. The maximum absolute atomic E-state index is 5.58. The van der Waals surface area contributed by atoms with Crippen LogP contribution in [-0.4, -0.2) is 14.5 Å². The van der Waals surface area contributed by atoms with E-state index in [9.17, 15) is 0 Å². The van der Waals surface area contributed by atoms with E-state index >= 15 is 0 Å². The third kappa shape index (κ3) is 3.45. The average Bonchev–Trinajstić information content (AvgIpc) is 3.81. The molecule has 0 saturated heterocycles. The minimum Gasteiger partial charge on any atom is -0.277 e. The van der Waals surface area contributed by atoms with Crippen LogP contribution in [0.25, 0.3) is 101 Å². The van der Waals surface area contributed by atoms with Crippen molar-refractivity contribution in [3.8, 4) is 17.2 Å². The summed E-state index contributed by atoms with van der Waals surface area (Å²) in [6, 6.07) is 50.2. The molecule has 218 valence electrons. The third-order valence-corrected chi connectivity index (χ3v) is 11.9. The second kappa shape index (κ2) is 9.46. The quantitative estimate of drug-likeness (QED) is 0.190. The lowest BCUT2D eigenvalue weighted by Gasteiger charge is -2.13. The molecule has 11 rings (SSSR count). The zero-order valence-corrected chi connectivity index (χ0v) is 26.6. The van der Waals surface area contributed by atoms with Crippen LogP contribution in [0.5, 0.6) is 0 Å². The van der Waals surface area contributed by atoms with Gasteiger partial charge in [0.1, 0.15) is 4.83 Å². The summed E-state index contributed by atoms with van der Waals surface area (Å²) >= 11 is 3.63. The molecular formula is C42H23N3S2. The van der Waals surface area contributed by atoms with Crippen LogP contribution in [0.2, 0.25) is 0 Å². The SMILES string of the molecule is c1ccc2c(-c3nc(-n4c5ccccc5c5c6sc7ccccc7c6c6ccccc6c54)nc4sc5ccccc5c34)cccc2c1. The predicted octanol–water partition coefficient (Wildman–Crippen LogP) is 12.3. The Labute approximate surface area is 276 Å². The van der Waals surface area contributed by atoms with Gasteiger partial charge in [0.25, 0.3) is 0 Å². The lowest BCUT2D eigenvalue weighted by Crippen LogP contribution is -2.03. The van der Waals surface area contributed by atoms with E-state index in [-0.39, 0.29) is 0 Å². The van der Waals surface area contributed by atoms with Crippen molar-refractivity contribution in [3.05, 3.63) is 140 Å². The van der Waals surface area contributed by atoms with E-state index in [1.807, 2.05) is 11.3 Å². The molecule has 4 heterocycles. The first-order valence-electron chi connectivity index (χ1n) is 15.8. The number of hydrogen-bond donors (Lipinski definition) is 0. The lowest BCUT2D eigenvalue weighted by atomic mass is 9.99. The van der Waals surface area contributed by atoms with Gasteiger partial charge in [-0.1, -0.05) is 121 Å². The molecule has 0 radical (unpaired) electrons. The normalized spacial score (nSPS) is 12.3. The summed E-state index contributed by atoms with van der Waals surface area (Å²) in [5.74, 6) is 0.698. The molecule has 0 bridgehead atoms. The number of aromatic nitrogens is 3. The van der Waals surface area contributed by atoms with Crippen molar-refractivity contribution in [3.63, 3.8) is 0 Å².